The molecule has 0 aromatic carbocycles. The molecule has 1 aliphatic heterocycles. The van der Waals surface area contributed by atoms with Crippen LogP contribution in [0.15, 0.2) is 0 Å². The van der Waals surface area contributed by atoms with Gasteiger partial charge in [-0.05, 0) is 6.92 Å². The van der Waals surface area contributed by atoms with Gasteiger partial charge in [-0.25, -0.2) is 4.99 Å². The molecule has 0 radical (unpaired) electrons. The van der Waals surface area contributed by atoms with Crippen LogP contribution in [-0.4, -0.2) is 17.3 Å². The first kappa shape index (κ1) is 7.50. The molecule has 0 spiro atoms. The van der Waals surface area contributed by atoms with Crippen LogP contribution in [0.25, 0.3) is 0 Å². The lowest BCUT2D eigenvalue weighted by atomic mass is 10.5. The Bertz CT molecular complexity index is 66.1. The molecule has 42 valence electrons. The van der Waals surface area contributed by atoms with E-state index in [4.69, 9.17) is 0 Å². The Kier molecular flexibility index (Phi) is 3.75. The van der Waals surface area contributed by atoms with Crippen LogP contribution in [-0.2, 0) is 0 Å². The van der Waals surface area contributed by atoms with E-state index in [0.717, 1.165) is 11.8 Å². The maximum absolute atomic E-state index is 3.11. The van der Waals surface area contributed by atoms with E-state index in [1.54, 1.807) is 0 Å². The first-order valence-corrected chi connectivity index (χ1v) is 3.04. The zero-order valence-electron chi connectivity index (χ0n) is 4.15. The first-order chi connectivity index (χ1) is 2.89. The Balaban J connectivity index is 0.000000360. The summed E-state index contributed by atoms with van der Waals surface area (Å²) in [7, 11) is 0. The van der Waals surface area contributed by atoms with Gasteiger partial charge in [0.2, 0.25) is 0 Å². The van der Waals surface area contributed by atoms with Gasteiger partial charge in [0.25, 0.3) is 0 Å². The molecule has 1 aliphatic rings. The molecule has 1 N–H and O–H groups in total. The third kappa shape index (κ3) is 2.34. The van der Waals surface area contributed by atoms with E-state index < -0.39 is 0 Å². The largest absolute Gasteiger partial charge is 1.00 e. The molecule has 1 nitrogen and oxygen atoms in total. The van der Waals surface area contributed by atoms with E-state index in [1.807, 2.05) is 17.3 Å². The summed E-state index contributed by atoms with van der Waals surface area (Å²) in [5.41, 5.74) is 2.05. The van der Waals surface area contributed by atoms with Crippen LogP contribution in [0.4, 0.5) is 0 Å². The second-order valence-electron chi connectivity index (χ2n) is 1.47. The highest BCUT2D eigenvalue weighted by atomic mass is 79.9. The van der Waals surface area contributed by atoms with E-state index in [1.165, 1.54) is 0 Å². The smallest absolute Gasteiger partial charge is 0.196 e. The number of hydrogen-bond acceptors (Lipinski definition) is 1. The molecule has 1 unspecified atom stereocenters. The molecule has 0 aromatic heterocycles. The minimum Gasteiger partial charge on any atom is -1.00 e. The average molecular weight is 182 g/mol. The van der Waals surface area contributed by atoms with Gasteiger partial charge in [-0.15, -0.1) is 0 Å². The van der Waals surface area contributed by atoms with Crippen molar-refractivity contribution in [3.05, 3.63) is 0 Å². The number of halogens is 1. The summed E-state index contributed by atoms with van der Waals surface area (Å²) >= 11 is 1.86. The molecule has 1 atom stereocenters. The fraction of sp³-hybridized carbons (Fsp3) is 0.750. The summed E-state index contributed by atoms with van der Waals surface area (Å²) in [5, 5.41) is 0.796. The summed E-state index contributed by atoms with van der Waals surface area (Å²) in [5.74, 6) is 0. The first-order valence-electron chi connectivity index (χ1n) is 2.10. The summed E-state index contributed by atoms with van der Waals surface area (Å²) in [6.07, 6.45) is 0. The van der Waals surface area contributed by atoms with E-state index in [9.17, 15) is 0 Å². The van der Waals surface area contributed by atoms with Crippen LogP contribution in [0, 0.1) is 0 Å². The number of nitrogens with one attached hydrogen (secondary N) is 1. The highest BCUT2D eigenvalue weighted by Gasteiger charge is 2.08. The van der Waals surface area contributed by atoms with Crippen LogP contribution >= 0.6 is 11.8 Å². The van der Waals surface area contributed by atoms with Gasteiger partial charge < -0.3 is 17.0 Å². The van der Waals surface area contributed by atoms with Gasteiger partial charge >= 0.3 is 0 Å². The molecule has 0 saturated heterocycles. The van der Waals surface area contributed by atoms with Crippen molar-refractivity contribution in [3.8, 4) is 0 Å². The lowest BCUT2D eigenvalue weighted by molar-refractivity contribution is -0.443. The molecule has 3 heteroatoms. The molecule has 1 rings (SSSR count). The Morgan fingerprint density at radius 3 is 2.71 bits per heavy atom. The average Bonchev–Trinajstić information content (AvgIpc) is 1.86. The van der Waals surface area contributed by atoms with Crippen molar-refractivity contribution >= 4 is 17.3 Å². The van der Waals surface area contributed by atoms with Crippen molar-refractivity contribution < 1.29 is 22.0 Å². The van der Waals surface area contributed by atoms with Crippen molar-refractivity contribution in [3.63, 3.8) is 0 Å². The number of thioether (sulfide) groups is 1. The second kappa shape index (κ2) is 3.50. The summed E-state index contributed by atoms with van der Waals surface area (Å²) in [6, 6.07) is 0. The van der Waals surface area contributed by atoms with Gasteiger partial charge in [0, 0.05) is 0 Å². The minimum absolute atomic E-state index is 0. The molecular formula is C4H8BrNS. The highest BCUT2D eigenvalue weighted by molar-refractivity contribution is 8.12. The van der Waals surface area contributed by atoms with Crippen LogP contribution < -0.4 is 22.0 Å². The zero-order valence-corrected chi connectivity index (χ0v) is 6.55. The van der Waals surface area contributed by atoms with Crippen molar-refractivity contribution in [2.75, 3.05) is 6.54 Å². The lowest BCUT2D eigenvalue weighted by Gasteiger charge is -1.84. The second-order valence-corrected chi connectivity index (χ2v) is 2.79. The summed E-state index contributed by atoms with van der Waals surface area (Å²) < 4.78 is 0. The SMILES string of the molecule is CC1C[NH+]=CS1.[Br-]. The van der Waals surface area contributed by atoms with Gasteiger partial charge in [-0.1, -0.05) is 11.8 Å². The molecule has 0 amide bonds. The van der Waals surface area contributed by atoms with Gasteiger partial charge in [-0.2, -0.15) is 0 Å². The Hall–Kier alpha value is 0.500. The summed E-state index contributed by atoms with van der Waals surface area (Å²) in [6.45, 7) is 3.35. The Labute approximate surface area is 58.4 Å². The van der Waals surface area contributed by atoms with Crippen molar-refractivity contribution in [1.29, 1.82) is 0 Å². The van der Waals surface area contributed by atoms with Gasteiger partial charge in [0.15, 0.2) is 12.1 Å². The molecule has 0 aromatic rings. The normalized spacial score (nSPS) is 27.3. The molecule has 0 saturated carbocycles. The lowest BCUT2D eigenvalue weighted by Crippen LogP contribution is -3.00. The Morgan fingerprint density at radius 1 is 1.86 bits per heavy atom. The molecule has 0 bridgehead atoms. The number of rotatable bonds is 0. The van der Waals surface area contributed by atoms with Gasteiger partial charge in [0.05, 0.1) is 5.25 Å². The van der Waals surface area contributed by atoms with E-state index in [-0.39, 0.29) is 17.0 Å². The van der Waals surface area contributed by atoms with Crippen molar-refractivity contribution in [2.45, 2.75) is 12.2 Å². The fourth-order valence-electron chi connectivity index (χ4n) is 0.426. The predicted molar refractivity (Wildman–Crippen MR) is 28.9 cm³/mol. The van der Waals surface area contributed by atoms with Crippen LogP contribution in [0.3, 0.4) is 0 Å². The third-order valence-electron chi connectivity index (χ3n) is 0.789. The monoisotopic (exact) mass is 181 g/mol. The maximum atomic E-state index is 3.11. The fourth-order valence-corrected chi connectivity index (χ4v) is 1.04. The van der Waals surface area contributed by atoms with Crippen molar-refractivity contribution in [1.82, 2.24) is 0 Å². The van der Waals surface area contributed by atoms with Crippen LogP contribution in [0.2, 0.25) is 0 Å². The third-order valence-corrected chi connectivity index (χ3v) is 1.72. The molecule has 7 heavy (non-hydrogen) atoms. The van der Waals surface area contributed by atoms with Crippen molar-refractivity contribution in [2.24, 2.45) is 0 Å². The molecule has 0 fully saturated rings. The van der Waals surface area contributed by atoms with Crippen LogP contribution in [0.5, 0.6) is 0 Å². The summed E-state index contributed by atoms with van der Waals surface area (Å²) in [4.78, 5) is 3.11. The predicted octanol–water partition coefficient (Wildman–Crippen LogP) is -3.77. The molecule has 0 aliphatic carbocycles. The van der Waals surface area contributed by atoms with Gasteiger partial charge in [0.1, 0.15) is 0 Å². The van der Waals surface area contributed by atoms with Gasteiger partial charge in [-0.3, -0.25) is 0 Å². The maximum Gasteiger partial charge on any atom is 0.196 e. The zero-order chi connectivity index (χ0) is 4.41. The minimum atomic E-state index is 0. The standard InChI is InChI=1S/C4H7NS.BrH/c1-4-2-5-3-6-4;/h3-4H,2H2,1H3;1H. The van der Waals surface area contributed by atoms with E-state index in [0.29, 0.717) is 0 Å². The van der Waals surface area contributed by atoms with Crippen LogP contribution in [0.1, 0.15) is 6.92 Å². The quantitative estimate of drug-likeness (QED) is 0.406. The molecule has 1 heterocycles. The topological polar surface area (TPSA) is 14.0 Å². The van der Waals surface area contributed by atoms with E-state index in [2.05, 4.69) is 11.9 Å². The highest BCUT2D eigenvalue weighted by Crippen LogP contribution is 2.03. The Morgan fingerprint density at radius 2 is 2.57 bits per heavy atom. The number of hydrogen-bond donors (Lipinski definition) is 1. The molecular weight excluding hydrogens is 174 g/mol. The van der Waals surface area contributed by atoms with E-state index >= 15 is 0 Å².